The molecule has 3 atom stereocenters. The number of rotatable bonds is 6. The fraction of sp³-hybridized carbons (Fsp3) is 0.571. The van der Waals surface area contributed by atoms with Crippen molar-refractivity contribution in [2.45, 2.75) is 38.0 Å². The molecule has 1 N–H and O–H groups in total. The maximum absolute atomic E-state index is 6.07. The summed E-state index contributed by atoms with van der Waals surface area (Å²) in [6.07, 6.45) is 2.33. The fourth-order valence-corrected chi connectivity index (χ4v) is 3.47. The summed E-state index contributed by atoms with van der Waals surface area (Å²) in [4.78, 5) is 0. The lowest BCUT2D eigenvalue weighted by Crippen LogP contribution is -2.61. The zero-order valence-electron chi connectivity index (χ0n) is 11.2. The highest BCUT2D eigenvalue weighted by molar-refractivity contribution is 9.11. The molecule has 1 saturated carbocycles. The number of methoxy groups -OCH3 is 1. The van der Waals surface area contributed by atoms with E-state index in [0.29, 0.717) is 6.04 Å². The van der Waals surface area contributed by atoms with Crippen molar-refractivity contribution in [2.24, 2.45) is 0 Å². The van der Waals surface area contributed by atoms with E-state index in [2.05, 4.69) is 44.1 Å². The number of para-hydroxylation sites is 1. The number of hydrogen-bond donors (Lipinski definition) is 1. The van der Waals surface area contributed by atoms with E-state index >= 15 is 0 Å². The van der Waals surface area contributed by atoms with Crippen LogP contribution in [0.1, 0.15) is 19.8 Å². The highest BCUT2D eigenvalue weighted by Gasteiger charge is 2.43. The minimum Gasteiger partial charge on any atom is -0.485 e. The molecule has 0 amide bonds. The molecule has 5 heteroatoms. The van der Waals surface area contributed by atoms with Crippen LogP contribution in [0, 0.1) is 0 Å². The van der Waals surface area contributed by atoms with Gasteiger partial charge in [0.1, 0.15) is 18.0 Å². The second-order valence-electron chi connectivity index (χ2n) is 4.70. The summed E-state index contributed by atoms with van der Waals surface area (Å²) in [5.74, 6) is 0.850. The second kappa shape index (κ2) is 7.07. The summed E-state index contributed by atoms with van der Waals surface area (Å²) >= 11 is 7.03. The Balaban J connectivity index is 1.97. The lowest BCUT2D eigenvalue weighted by molar-refractivity contribution is -0.0891. The normalized spacial score (nSPS) is 26.0. The van der Waals surface area contributed by atoms with Gasteiger partial charge in [0.2, 0.25) is 0 Å². The van der Waals surface area contributed by atoms with Crippen molar-refractivity contribution in [3.63, 3.8) is 0 Å². The highest BCUT2D eigenvalue weighted by atomic mass is 79.9. The zero-order valence-corrected chi connectivity index (χ0v) is 14.3. The van der Waals surface area contributed by atoms with Gasteiger partial charge >= 0.3 is 0 Å². The van der Waals surface area contributed by atoms with E-state index in [4.69, 9.17) is 9.47 Å². The predicted molar refractivity (Wildman–Crippen MR) is 83.8 cm³/mol. The molecule has 0 spiro atoms. The molecule has 106 valence electrons. The molecule has 1 aliphatic carbocycles. The third kappa shape index (κ3) is 3.51. The van der Waals surface area contributed by atoms with Crippen LogP contribution in [0.25, 0.3) is 0 Å². The Morgan fingerprint density at radius 2 is 2.00 bits per heavy atom. The summed E-state index contributed by atoms with van der Waals surface area (Å²) in [6.45, 7) is 3.19. The monoisotopic (exact) mass is 391 g/mol. The van der Waals surface area contributed by atoms with Crippen LogP contribution < -0.4 is 10.1 Å². The molecule has 0 saturated heterocycles. The maximum Gasteiger partial charge on any atom is 0.148 e. The molecule has 2 rings (SSSR count). The molecule has 1 aromatic carbocycles. The largest absolute Gasteiger partial charge is 0.485 e. The Morgan fingerprint density at radius 3 is 2.58 bits per heavy atom. The second-order valence-corrected chi connectivity index (χ2v) is 6.41. The van der Waals surface area contributed by atoms with Crippen molar-refractivity contribution >= 4 is 31.9 Å². The molecule has 3 unspecified atom stereocenters. The van der Waals surface area contributed by atoms with Crippen LogP contribution in [-0.2, 0) is 4.74 Å². The molecular weight excluding hydrogens is 374 g/mol. The van der Waals surface area contributed by atoms with Gasteiger partial charge in [-0.05, 0) is 57.0 Å². The van der Waals surface area contributed by atoms with E-state index in [1.54, 1.807) is 7.11 Å². The molecular formula is C14H19Br2NO2. The van der Waals surface area contributed by atoms with E-state index in [0.717, 1.165) is 34.1 Å². The predicted octanol–water partition coefficient (Wildman–Crippen LogP) is 3.75. The van der Waals surface area contributed by atoms with Crippen LogP contribution in [0.4, 0.5) is 0 Å². The Kier molecular flexibility index (Phi) is 5.69. The highest BCUT2D eigenvalue weighted by Crippen LogP contribution is 2.37. The number of benzene rings is 1. The summed E-state index contributed by atoms with van der Waals surface area (Å²) < 4.78 is 13.5. The number of halogens is 2. The average molecular weight is 393 g/mol. The van der Waals surface area contributed by atoms with Crippen LogP contribution in [0.15, 0.2) is 27.1 Å². The molecule has 0 heterocycles. The number of nitrogens with one attached hydrogen (secondary N) is 1. The van der Waals surface area contributed by atoms with E-state index in [1.807, 2.05) is 18.2 Å². The van der Waals surface area contributed by atoms with Crippen molar-refractivity contribution < 1.29 is 9.47 Å². The van der Waals surface area contributed by atoms with Crippen molar-refractivity contribution in [2.75, 3.05) is 13.7 Å². The molecule has 19 heavy (non-hydrogen) atoms. The van der Waals surface area contributed by atoms with E-state index < -0.39 is 0 Å². The van der Waals surface area contributed by atoms with Crippen LogP contribution in [0.5, 0.6) is 5.75 Å². The third-order valence-corrected chi connectivity index (χ3v) is 4.62. The molecule has 3 nitrogen and oxygen atoms in total. The minimum absolute atomic E-state index is 0.106. The van der Waals surface area contributed by atoms with Gasteiger partial charge in [-0.3, -0.25) is 0 Å². The molecule has 0 bridgehead atoms. The van der Waals surface area contributed by atoms with Gasteiger partial charge in [-0.2, -0.15) is 0 Å². The van der Waals surface area contributed by atoms with Crippen LogP contribution in [0.2, 0.25) is 0 Å². The first-order valence-electron chi connectivity index (χ1n) is 6.54. The van der Waals surface area contributed by atoms with Crippen molar-refractivity contribution in [3.8, 4) is 5.75 Å². The molecule has 1 fully saturated rings. The zero-order chi connectivity index (χ0) is 13.8. The number of ether oxygens (including phenoxy) is 2. The number of hydrogen-bond acceptors (Lipinski definition) is 3. The Morgan fingerprint density at radius 1 is 1.32 bits per heavy atom. The van der Waals surface area contributed by atoms with Gasteiger partial charge in [0.15, 0.2) is 0 Å². The summed E-state index contributed by atoms with van der Waals surface area (Å²) in [6, 6.07) is 6.33. The Labute approximate surface area is 131 Å². The SMILES string of the molecule is CCCNC1CC(Oc2c(Br)cccc2Br)C1OC. The molecule has 0 radical (unpaired) electrons. The lowest BCUT2D eigenvalue weighted by atomic mass is 9.85. The topological polar surface area (TPSA) is 30.5 Å². The minimum atomic E-state index is 0.106. The quantitative estimate of drug-likeness (QED) is 0.799. The van der Waals surface area contributed by atoms with E-state index in [9.17, 15) is 0 Å². The van der Waals surface area contributed by atoms with E-state index in [-0.39, 0.29) is 12.2 Å². The molecule has 1 aliphatic rings. The fourth-order valence-electron chi connectivity index (χ4n) is 2.29. The first-order valence-corrected chi connectivity index (χ1v) is 8.12. The van der Waals surface area contributed by atoms with Crippen LogP contribution in [0.3, 0.4) is 0 Å². The summed E-state index contributed by atoms with van der Waals surface area (Å²) in [5.41, 5.74) is 0. The van der Waals surface area contributed by atoms with Crippen molar-refractivity contribution in [1.82, 2.24) is 5.32 Å². The third-order valence-electron chi connectivity index (χ3n) is 3.37. The standard InChI is InChI=1S/C14H19Br2NO2/c1-3-7-17-11-8-12(14(11)18-2)19-13-9(15)5-4-6-10(13)16/h4-6,11-12,14,17H,3,7-8H2,1-2H3. The summed E-state index contributed by atoms with van der Waals surface area (Å²) in [7, 11) is 1.75. The first kappa shape index (κ1) is 15.3. The van der Waals surface area contributed by atoms with Gasteiger partial charge in [0, 0.05) is 19.6 Å². The molecule has 1 aromatic rings. The molecule has 0 aromatic heterocycles. The van der Waals surface area contributed by atoms with Gasteiger partial charge in [-0.1, -0.05) is 13.0 Å². The Bertz CT molecular complexity index is 408. The lowest BCUT2D eigenvalue weighted by Gasteiger charge is -2.43. The van der Waals surface area contributed by atoms with Gasteiger partial charge < -0.3 is 14.8 Å². The van der Waals surface area contributed by atoms with Gasteiger partial charge in [-0.25, -0.2) is 0 Å². The molecule has 0 aliphatic heterocycles. The van der Waals surface area contributed by atoms with Gasteiger partial charge in [-0.15, -0.1) is 0 Å². The van der Waals surface area contributed by atoms with Gasteiger partial charge in [0.05, 0.1) is 8.95 Å². The van der Waals surface area contributed by atoms with Crippen molar-refractivity contribution in [3.05, 3.63) is 27.1 Å². The first-order chi connectivity index (χ1) is 9.17. The smallest absolute Gasteiger partial charge is 0.148 e. The van der Waals surface area contributed by atoms with Crippen molar-refractivity contribution in [1.29, 1.82) is 0 Å². The van der Waals surface area contributed by atoms with E-state index in [1.165, 1.54) is 0 Å². The van der Waals surface area contributed by atoms with Crippen LogP contribution >= 0.6 is 31.9 Å². The van der Waals surface area contributed by atoms with Crippen LogP contribution in [-0.4, -0.2) is 31.9 Å². The maximum atomic E-state index is 6.07. The van der Waals surface area contributed by atoms with Gasteiger partial charge in [0.25, 0.3) is 0 Å². The summed E-state index contributed by atoms with van der Waals surface area (Å²) in [5, 5.41) is 3.49. The average Bonchev–Trinajstić information content (AvgIpc) is 2.36. The Hall–Kier alpha value is -0.100.